The van der Waals surface area contributed by atoms with E-state index in [1.165, 1.54) is 13.2 Å². The van der Waals surface area contributed by atoms with Crippen LogP contribution in [-0.4, -0.2) is 19.5 Å². The molecule has 0 aliphatic rings. The van der Waals surface area contributed by atoms with Gasteiger partial charge in [0, 0.05) is 7.11 Å². The fourth-order valence-electron chi connectivity index (χ4n) is 1.47. The van der Waals surface area contributed by atoms with E-state index in [1.807, 2.05) is 0 Å². The van der Waals surface area contributed by atoms with Gasteiger partial charge in [-0.2, -0.15) is 0 Å². The lowest BCUT2D eigenvalue weighted by atomic mass is 10.0. The Labute approximate surface area is 82.7 Å². The summed E-state index contributed by atoms with van der Waals surface area (Å²) in [6.45, 7) is 3.43. The Hall–Kier alpha value is -1.22. The van der Waals surface area contributed by atoms with Crippen LogP contribution in [0.5, 0.6) is 0 Å². The van der Waals surface area contributed by atoms with Gasteiger partial charge in [0.25, 0.3) is 0 Å². The molecule has 0 saturated heterocycles. The molecule has 1 rings (SSSR count). The first kappa shape index (κ1) is 10.9. The van der Waals surface area contributed by atoms with E-state index in [0.29, 0.717) is 5.56 Å². The average molecular weight is 196 g/mol. The SMILES string of the molecule is COCC(=O)c1c(C)cc(C)cc1F. The zero-order chi connectivity index (χ0) is 10.7. The van der Waals surface area contributed by atoms with Crippen molar-refractivity contribution in [2.75, 3.05) is 13.7 Å². The van der Waals surface area contributed by atoms with Crippen LogP contribution in [-0.2, 0) is 4.74 Å². The fourth-order valence-corrected chi connectivity index (χ4v) is 1.47. The summed E-state index contributed by atoms with van der Waals surface area (Å²) in [5.41, 5.74) is 1.61. The standard InChI is InChI=1S/C11H13FO2/c1-7-4-8(2)11(9(12)5-7)10(13)6-14-3/h4-5H,6H2,1-3H3. The van der Waals surface area contributed by atoms with E-state index in [-0.39, 0.29) is 18.0 Å². The Balaban J connectivity index is 3.14. The van der Waals surface area contributed by atoms with Gasteiger partial charge in [0.1, 0.15) is 12.4 Å². The molecular formula is C11H13FO2. The summed E-state index contributed by atoms with van der Waals surface area (Å²) in [5, 5.41) is 0. The monoisotopic (exact) mass is 196 g/mol. The molecule has 0 aliphatic heterocycles. The van der Waals surface area contributed by atoms with Crippen molar-refractivity contribution in [1.29, 1.82) is 0 Å². The molecule has 0 N–H and O–H groups in total. The minimum atomic E-state index is -0.468. The normalized spacial score (nSPS) is 10.3. The van der Waals surface area contributed by atoms with Gasteiger partial charge in [-0.15, -0.1) is 0 Å². The van der Waals surface area contributed by atoms with Crippen LogP contribution in [0.2, 0.25) is 0 Å². The van der Waals surface area contributed by atoms with Crippen LogP contribution in [0.1, 0.15) is 21.5 Å². The van der Waals surface area contributed by atoms with E-state index in [0.717, 1.165) is 5.56 Å². The molecular weight excluding hydrogens is 183 g/mol. The third-order valence-electron chi connectivity index (χ3n) is 1.99. The van der Waals surface area contributed by atoms with Crippen LogP contribution in [0.4, 0.5) is 4.39 Å². The van der Waals surface area contributed by atoms with Crippen molar-refractivity contribution in [1.82, 2.24) is 0 Å². The molecule has 0 fully saturated rings. The van der Waals surface area contributed by atoms with Crippen LogP contribution in [0, 0.1) is 19.7 Å². The van der Waals surface area contributed by atoms with Gasteiger partial charge < -0.3 is 4.74 Å². The molecule has 0 bridgehead atoms. The van der Waals surface area contributed by atoms with Crippen molar-refractivity contribution >= 4 is 5.78 Å². The van der Waals surface area contributed by atoms with E-state index in [2.05, 4.69) is 4.74 Å². The predicted molar refractivity (Wildman–Crippen MR) is 52.1 cm³/mol. The lowest BCUT2D eigenvalue weighted by molar-refractivity contribution is 0.0843. The average Bonchev–Trinajstić information content (AvgIpc) is 2.01. The Morgan fingerprint density at radius 2 is 2.07 bits per heavy atom. The molecule has 0 unspecified atom stereocenters. The molecule has 3 heteroatoms. The molecule has 0 spiro atoms. The van der Waals surface area contributed by atoms with E-state index >= 15 is 0 Å². The van der Waals surface area contributed by atoms with Gasteiger partial charge in [0.05, 0.1) is 5.56 Å². The quantitative estimate of drug-likeness (QED) is 0.693. The summed E-state index contributed by atoms with van der Waals surface area (Å²) >= 11 is 0. The Morgan fingerprint density at radius 1 is 1.43 bits per heavy atom. The first-order chi connectivity index (χ1) is 6.56. The Bertz CT molecular complexity index is 335. The van der Waals surface area contributed by atoms with Crippen molar-refractivity contribution in [2.24, 2.45) is 0 Å². The van der Waals surface area contributed by atoms with Gasteiger partial charge in [0.2, 0.25) is 0 Å². The Morgan fingerprint density at radius 3 is 2.57 bits per heavy atom. The number of halogens is 1. The highest BCUT2D eigenvalue weighted by Crippen LogP contribution is 2.16. The van der Waals surface area contributed by atoms with E-state index in [4.69, 9.17) is 0 Å². The van der Waals surface area contributed by atoms with Crippen molar-refractivity contribution in [3.63, 3.8) is 0 Å². The molecule has 1 aromatic rings. The molecule has 0 atom stereocenters. The van der Waals surface area contributed by atoms with Crippen molar-refractivity contribution < 1.29 is 13.9 Å². The van der Waals surface area contributed by atoms with Crippen LogP contribution in [0.15, 0.2) is 12.1 Å². The lowest BCUT2D eigenvalue weighted by Gasteiger charge is -2.06. The largest absolute Gasteiger partial charge is 0.377 e. The second kappa shape index (κ2) is 4.33. The number of ketones is 1. The van der Waals surface area contributed by atoms with Crippen LogP contribution in [0.3, 0.4) is 0 Å². The molecule has 0 radical (unpaired) electrons. The summed E-state index contributed by atoms with van der Waals surface area (Å²) < 4.78 is 18.1. The number of ether oxygens (including phenoxy) is 1. The van der Waals surface area contributed by atoms with Crippen LogP contribution < -0.4 is 0 Å². The van der Waals surface area contributed by atoms with Crippen molar-refractivity contribution in [2.45, 2.75) is 13.8 Å². The lowest BCUT2D eigenvalue weighted by Crippen LogP contribution is -2.11. The van der Waals surface area contributed by atoms with E-state index in [9.17, 15) is 9.18 Å². The second-order valence-corrected chi connectivity index (χ2v) is 3.29. The van der Waals surface area contributed by atoms with Crippen molar-refractivity contribution in [3.8, 4) is 0 Å². The number of methoxy groups -OCH3 is 1. The highest BCUT2D eigenvalue weighted by atomic mass is 19.1. The fraction of sp³-hybridized carbons (Fsp3) is 0.364. The number of hydrogen-bond acceptors (Lipinski definition) is 2. The summed E-state index contributed by atoms with van der Waals surface area (Å²) in [6, 6.07) is 3.14. The van der Waals surface area contributed by atoms with E-state index in [1.54, 1.807) is 19.9 Å². The number of benzene rings is 1. The summed E-state index contributed by atoms with van der Waals surface area (Å²) in [4.78, 5) is 11.4. The maximum Gasteiger partial charge on any atom is 0.191 e. The molecule has 76 valence electrons. The van der Waals surface area contributed by atoms with Gasteiger partial charge in [-0.3, -0.25) is 4.79 Å². The van der Waals surface area contributed by atoms with Gasteiger partial charge in [-0.05, 0) is 31.0 Å². The number of hydrogen-bond donors (Lipinski definition) is 0. The van der Waals surface area contributed by atoms with Gasteiger partial charge in [-0.1, -0.05) is 6.07 Å². The molecule has 14 heavy (non-hydrogen) atoms. The highest BCUT2D eigenvalue weighted by molar-refractivity contribution is 5.98. The Kier molecular flexibility index (Phi) is 3.36. The zero-order valence-electron chi connectivity index (χ0n) is 8.56. The molecule has 2 nitrogen and oxygen atoms in total. The maximum atomic E-state index is 13.4. The van der Waals surface area contributed by atoms with E-state index < -0.39 is 5.82 Å². The molecule has 1 aromatic carbocycles. The number of aryl methyl sites for hydroxylation is 2. The third kappa shape index (κ3) is 2.17. The molecule has 0 saturated carbocycles. The van der Waals surface area contributed by atoms with Gasteiger partial charge in [-0.25, -0.2) is 4.39 Å². The number of Topliss-reactive ketones (excluding diaryl/α,β-unsaturated/α-hetero) is 1. The summed E-state index contributed by atoms with van der Waals surface area (Å²) in [5.74, 6) is -0.785. The smallest absolute Gasteiger partial charge is 0.191 e. The predicted octanol–water partition coefficient (Wildman–Crippen LogP) is 2.27. The van der Waals surface area contributed by atoms with Crippen molar-refractivity contribution in [3.05, 3.63) is 34.6 Å². The topological polar surface area (TPSA) is 26.3 Å². The third-order valence-corrected chi connectivity index (χ3v) is 1.99. The second-order valence-electron chi connectivity index (χ2n) is 3.29. The zero-order valence-corrected chi connectivity index (χ0v) is 8.56. The molecule has 0 amide bonds. The maximum absolute atomic E-state index is 13.4. The first-order valence-electron chi connectivity index (χ1n) is 4.35. The highest BCUT2D eigenvalue weighted by Gasteiger charge is 2.14. The summed E-state index contributed by atoms with van der Waals surface area (Å²) in [7, 11) is 1.42. The van der Waals surface area contributed by atoms with Gasteiger partial charge in [0.15, 0.2) is 5.78 Å². The van der Waals surface area contributed by atoms with Crippen LogP contribution >= 0.6 is 0 Å². The molecule has 0 aromatic heterocycles. The minimum Gasteiger partial charge on any atom is -0.377 e. The first-order valence-corrected chi connectivity index (χ1v) is 4.35. The molecule has 0 heterocycles. The molecule has 0 aliphatic carbocycles. The number of carbonyl (C=O) groups is 1. The minimum absolute atomic E-state index is 0.0825. The number of rotatable bonds is 3. The van der Waals surface area contributed by atoms with Crippen LogP contribution in [0.25, 0.3) is 0 Å². The van der Waals surface area contributed by atoms with Gasteiger partial charge >= 0.3 is 0 Å². The summed E-state index contributed by atoms with van der Waals surface area (Å²) in [6.07, 6.45) is 0. The number of carbonyl (C=O) groups excluding carboxylic acids is 1.